The lowest BCUT2D eigenvalue weighted by molar-refractivity contribution is -0.233. The molecule has 0 unspecified atom stereocenters. The lowest BCUT2D eigenvalue weighted by Crippen LogP contribution is -2.49. The maximum absolute atomic E-state index is 14.4. The zero-order chi connectivity index (χ0) is 29.3. The second-order valence-corrected chi connectivity index (χ2v) is 10.3. The van der Waals surface area contributed by atoms with Gasteiger partial charge >= 0.3 is 5.63 Å². The van der Waals surface area contributed by atoms with Crippen LogP contribution in [0.3, 0.4) is 0 Å². The molecule has 1 aliphatic rings. The Labute approximate surface area is 235 Å². The number of halogens is 1. The Morgan fingerprint density at radius 1 is 1.07 bits per heavy atom. The third kappa shape index (κ3) is 5.75. The predicted octanol–water partition coefficient (Wildman–Crippen LogP) is 6.30. The molecule has 9 nitrogen and oxygen atoms in total. The molecule has 5 rings (SSSR count). The molecule has 1 aliphatic heterocycles. The minimum atomic E-state index is -0.968. The van der Waals surface area contributed by atoms with E-state index in [2.05, 4.69) is 5.32 Å². The van der Waals surface area contributed by atoms with Crippen LogP contribution >= 0.6 is 0 Å². The van der Waals surface area contributed by atoms with Gasteiger partial charge in [0.1, 0.15) is 17.1 Å². The first-order valence-corrected chi connectivity index (χ1v) is 13.1. The van der Waals surface area contributed by atoms with Gasteiger partial charge in [0, 0.05) is 24.7 Å². The summed E-state index contributed by atoms with van der Waals surface area (Å²) in [5.41, 5.74) is -1.39. The number of aromatic hydroxyl groups is 1. The first kappa shape index (κ1) is 28.1. The minimum Gasteiger partial charge on any atom is -0.505 e. The Morgan fingerprint density at radius 2 is 1.83 bits per heavy atom. The summed E-state index contributed by atoms with van der Waals surface area (Å²) in [4.78, 5) is 25.9. The van der Waals surface area contributed by atoms with Crippen LogP contribution in [0.5, 0.6) is 23.0 Å². The van der Waals surface area contributed by atoms with Crippen molar-refractivity contribution in [3.05, 3.63) is 88.0 Å². The number of amides is 1. The molecule has 1 fully saturated rings. The summed E-state index contributed by atoms with van der Waals surface area (Å²) < 4.78 is 43.1. The number of nitrogens with one attached hydrogen (secondary N) is 1. The van der Waals surface area contributed by atoms with Gasteiger partial charge in [-0.1, -0.05) is 18.2 Å². The van der Waals surface area contributed by atoms with E-state index in [-0.39, 0.29) is 28.4 Å². The van der Waals surface area contributed by atoms with E-state index in [9.17, 15) is 19.1 Å². The summed E-state index contributed by atoms with van der Waals surface area (Å²) in [7, 11) is 1.65. The van der Waals surface area contributed by atoms with Crippen molar-refractivity contribution in [1.29, 1.82) is 0 Å². The van der Waals surface area contributed by atoms with Crippen LogP contribution in [-0.2, 0) is 9.47 Å². The summed E-state index contributed by atoms with van der Waals surface area (Å²) in [6, 6.07) is 15.2. The number of anilines is 1. The highest BCUT2D eigenvalue weighted by molar-refractivity contribution is 6.06. The van der Waals surface area contributed by atoms with E-state index in [1.54, 1.807) is 50.4 Å². The molecule has 0 radical (unpaired) electrons. The van der Waals surface area contributed by atoms with Crippen LogP contribution in [0.2, 0.25) is 0 Å². The topological polar surface area (TPSA) is 116 Å². The molecule has 1 amide bonds. The van der Waals surface area contributed by atoms with Crippen LogP contribution in [0.4, 0.5) is 10.1 Å². The second kappa shape index (κ2) is 11.2. The van der Waals surface area contributed by atoms with Gasteiger partial charge in [-0.2, -0.15) is 0 Å². The third-order valence-corrected chi connectivity index (χ3v) is 7.07. The monoisotopic (exact) mass is 563 g/mol. The van der Waals surface area contributed by atoms with E-state index < -0.39 is 40.7 Å². The number of carbonyl (C=O) groups excluding carboxylic acids is 1. The zero-order valence-corrected chi connectivity index (χ0v) is 23.0. The third-order valence-electron chi connectivity index (χ3n) is 7.07. The van der Waals surface area contributed by atoms with Crippen LogP contribution in [0, 0.1) is 12.7 Å². The van der Waals surface area contributed by atoms with Crippen molar-refractivity contribution >= 4 is 22.6 Å². The lowest BCUT2D eigenvalue weighted by atomic mass is 9.94. The Hall–Kier alpha value is -4.41. The quantitative estimate of drug-likeness (QED) is 0.252. The van der Waals surface area contributed by atoms with Gasteiger partial charge in [-0.3, -0.25) is 4.79 Å². The lowest BCUT2D eigenvalue weighted by Gasteiger charge is -2.41. The van der Waals surface area contributed by atoms with E-state index in [1.165, 1.54) is 18.2 Å². The standard InChI is InChI=1S/C31H30FNO8/c1-17-22(39-25-15-14-24(37-4)31(2,3)41-25)13-11-20-27(34)26(30(36)40-28(17)20)33-29(35)18-10-12-21(32)23(16-18)38-19-8-6-5-7-9-19/h5-13,16,24-25,34H,14-15H2,1-4H3,(H,33,35)/t24-,25-/m1/s1. The van der Waals surface area contributed by atoms with Crippen molar-refractivity contribution in [3.63, 3.8) is 0 Å². The molecule has 1 saturated heterocycles. The Morgan fingerprint density at radius 3 is 2.54 bits per heavy atom. The number of rotatable bonds is 7. The zero-order valence-electron chi connectivity index (χ0n) is 23.0. The SMILES string of the molecule is CO[C@@H]1CC[C@H](Oc2ccc3c(O)c(NC(=O)c4ccc(F)c(Oc5ccccc5)c4)c(=O)oc3c2C)OC1(C)C. The van der Waals surface area contributed by atoms with E-state index in [4.69, 9.17) is 23.4 Å². The normalized spacial score (nSPS) is 18.2. The number of aryl methyl sites for hydroxylation is 1. The maximum atomic E-state index is 14.4. The molecule has 0 spiro atoms. The van der Waals surface area contributed by atoms with Crippen molar-refractivity contribution < 1.29 is 37.7 Å². The fourth-order valence-electron chi connectivity index (χ4n) is 4.86. The largest absolute Gasteiger partial charge is 0.505 e. The predicted molar refractivity (Wildman–Crippen MR) is 149 cm³/mol. The molecule has 4 aromatic rings. The van der Waals surface area contributed by atoms with Crippen molar-refractivity contribution in [3.8, 4) is 23.0 Å². The van der Waals surface area contributed by atoms with Crippen molar-refractivity contribution in [2.45, 2.75) is 51.6 Å². The molecule has 3 aromatic carbocycles. The fraction of sp³-hybridized carbons (Fsp3) is 0.290. The van der Waals surface area contributed by atoms with E-state index >= 15 is 0 Å². The van der Waals surface area contributed by atoms with Crippen molar-refractivity contribution in [1.82, 2.24) is 0 Å². The summed E-state index contributed by atoms with van der Waals surface area (Å²) in [6.07, 6.45) is 0.730. The molecule has 0 saturated carbocycles. The summed E-state index contributed by atoms with van der Waals surface area (Å²) in [6.45, 7) is 5.55. The number of fused-ring (bicyclic) bond motifs is 1. The van der Waals surface area contributed by atoms with Crippen LogP contribution in [0.1, 0.15) is 42.6 Å². The smallest absolute Gasteiger partial charge is 0.364 e. The van der Waals surface area contributed by atoms with Gasteiger partial charge < -0.3 is 33.8 Å². The molecular formula is C31H30FNO8. The molecule has 10 heteroatoms. The first-order valence-electron chi connectivity index (χ1n) is 13.1. The number of benzene rings is 3. The summed E-state index contributed by atoms with van der Waals surface area (Å²) in [5, 5.41) is 13.5. The number of hydrogen-bond acceptors (Lipinski definition) is 8. The van der Waals surface area contributed by atoms with Crippen LogP contribution in [-0.4, -0.2) is 36.1 Å². The number of hydrogen-bond donors (Lipinski definition) is 2. The molecule has 41 heavy (non-hydrogen) atoms. The van der Waals surface area contributed by atoms with Gasteiger partial charge in [-0.25, -0.2) is 9.18 Å². The Balaban J connectivity index is 1.38. The maximum Gasteiger partial charge on any atom is 0.364 e. The minimum absolute atomic E-state index is 0.00211. The summed E-state index contributed by atoms with van der Waals surface area (Å²) >= 11 is 0. The molecular weight excluding hydrogens is 533 g/mol. The number of methoxy groups -OCH3 is 1. The average molecular weight is 564 g/mol. The molecule has 0 bridgehead atoms. The fourth-order valence-corrected chi connectivity index (χ4v) is 4.86. The van der Waals surface area contributed by atoms with Gasteiger partial charge in [0.25, 0.3) is 5.91 Å². The van der Waals surface area contributed by atoms with Gasteiger partial charge in [0.15, 0.2) is 23.0 Å². The van der Waals surface area contributed by atoms with Crippen molar-refractivity contribution in [2.24, 2.45) is 0 Å². The Bertz CT molecular complexity index is 1650. The van der Waals surface area contributed by atoms with Gasteiger partial charge in [-0.15, -0.1) is 0 Å². The van der Waals surface area contributed by atoms with Crippen LogP contribution in [0.25, 0.3) is 11.0 Å². The highest BCUT2D eigenvalue weighted by Gasteiger charge is 2.39. The number of para-hydroxylation sites is 1. The second-order valence-electron chi connectivity index (χ2n) is 10.3. The van der Waals surface area contributed by atoms with Gasteiger partial charge in [-0.05, 0) is 69.7 Å². The molecule has 2 N–H and O–H groups in total. The van der Waals surface area contributed by atoms with E-state index in [0.717, 1.165) is 12.5 Å². The average Bonchev–Trinajstić information content (AvgIpc) is 2.94. The highest BCUT2D eigenvalue weighted by atomic mass is 19.1. The molecule has 214 valence electrons. The molecule has 1 aromatic heterocycles. The molecule has 2 atom stereocenters. The highest BCUT2D eigenvalue weighted by Crippen LogP contribution is 2.38. The molecule has 0 aliphatic carbocycles. The van der Waals surface area contributed by atoms with Crippen molar-refractivity contribution in [2.75, 3.05) is 12.4 Å². The molecule has 2 heterocycles. The Kier molecular flexibility index (Phi) is 7.70. The van der Waals surface area contributed by atoms with Crippen LogP contribution in [0.15, 0.2) is 69.9 Å². The summed E-state index contributed by atoms with van der Waals surface area (Å²) in [5.74, 6) is -1.29. The van der Waals surface area contributed by atoms with Crippen LogP contribution < -0.4 is 20.4 Å². The van der Waals surface area contributed by atoms with E-state index in [1.807, 2.05) is 13.8 Å². The van der Waals surface area contributed by atoms with Gasteiger partial charge in [0.2, 0.25) is 6.29 Å². The first-order chi connectivity index (χ1) is 19.6. The van der Waals surface area contributed by atoms with Gasteiger partial charge in [0.05, 0.1) is 17.1 Å². The number of carbonyl (C=O) groups is 1. The number of ether oxygens (including phenoxy) is 4. The van der Waals surface area contributed by atoms with E-state index in [0.29, 0.717) is 23.5 Å².